The van der Waals surface area contributed by atoms with Crippen molar-refractivity contribution in [3.63, 3.8) is 0 Å². The summed E-state index contributed by atoms with van der Waals surface area (Å²) in [6, 6.07) is 18.2. The van der Waals surface area contributed by atoms with E-state index in [9.17, 15) is 14.9 Å². The number of carbonyl (C=O) groups is 1. The third kappa shape index (κ3) is 7.64. The zero-order valence-electron chi connectivity index (χ0n) is 38.6. The zero-order chi connectivity index (χ0) is 47.2. The van der Waals surface area contributed by atoms with Crippen molar-refractivity contribution < 1.29 is 37.1 Å². The minimum atomic E-state index is -4.76. The molecular weight excluding hydrogens is 903 g/mol. The molecule has 12 rings (SSSR count). The van der Waals surface area contributed by atoms with Gasteiger partial charge in [0.25, 0.3) is 11.6 Å². The molecule has 1 amide bonds. The van der Waals surface area contributed by atoms with Gasteiger partial charge in [0.05, 0.1) is 65.3 Å². The van der Waals surface area contributed by atoms with Gasteiger partial charge in [0.2, 0.25) is 15.7 Å². The number of benzene rings is 3. The number of ether oxygens (including phenoxy) is 4. The van der Waals surface area contributed by atoms with E-state index in [1.54, 1.807) is 23.2 Å². The molecule has 0 bridgehead atoms. The van der Waals surface area contributed by atoms with Gasteiger partial charge in [0, 0.05) is 68.5 Å². The summed E-state index contributed by atoms with van der Waals surface area (Å²) in [7, 11) is -4.76. The lowest BCUT2D eigenvalue weighted by Crippen LogP contribution is -2.55. The Labute approximate surface area is 400 Å². The summed E-state index contributed by atoms with van der Waals surface area (Å²) in [5.41, 5.74) is 10.2. The van der Waals surface area contributed by atoms with Gasteiger partial charge < -0.3 is 44.8 Å². The van der Waals surface area contributed by atoms with Crippen LogP contribution in [0.1, 0.15) is 66.1 Å². The third-order valence-electron chi connectivity index (χ3n) is 16.0. The van der Waals surface area contributed by atoms with Gasteiger partial charge in [-0.05, 0) is 92.8 Å². The maximum Gasteiger partial charge on any atom is 0.297 e. The highest BCUT2D eigenvalue weighted by molar-refractivity contribution is 7.91. The van der Waals surface area contributed by atoms with Gasteiger partial charge in [0.15, 0.2) is 11.4 Å². The molecule has 5 fully saturated rings. The van der Waals surface area contributed by atoms with Crippen LogP contribution in [0, 0.1) is 22.5 Å². The fourth-order valence-electron chi connectivity index (χ4n) is 12.4. The highest BCUT2D eigenvalue weighted by atomic mass is 32.2. The second-order valence-corrected chi connectivity index (χ2v) is 21.9. The largest absolute Gasteiger partial charge is 0.489 e. The van der Waals surface area contributed by atoms with E-state index >= 15 is 8.42 Å². The Balaban J connectivity index is 0.944. The number of hydrogen-bond donors (Lipinski definition) is 3. The van der Waals surface area contributed by atoms with Crippen LogP contribution in [-0.4, -0.2) is 136 Å². The number of amides is 1. The maximum absolute atomic E-state index is 16.0. The topological polar surface area (TPSA) is 211 Å². The van der Waals surface area contributed by atoms with Crippen LogP contribution >= 0.6 is 0 Å². The van der Waals surface area contributed by atoms with Crippen LogP contribution in [0.3, 0.4) is 0 Å². The monoisotopic (exact) mass is 959 g/mol. The molecule has 4 atom stereocenters. The van der Waals surface area contributed by atoms with Gasteiger partial charge in [-0.1, -0.05) is 24.3 Å². The lowest BCUT2D eigenvalue weighted by atomic mass is 9.59. The van der Waals surface area contributed by atoms with Gasteiger partial charge in [-0.3, -0.25) is 24.7 Å². The van der Waals surface area contributed by atoms with Crippen LogP contribution < -0.4 is 30.3 Å². The van der Waals surface area contributed by atoms with Crippen LogP contribution in [-0.2, 0) is 19.3 Å². The first-order valence-electron chi connectivity index (χ1n) is 24.3. The second-order valence-electron chi connectivity index (χ2n) is 20.0. The number of sulfone groups is 1. The number of pyridine rings is 1. The van der Waals surface area contributed by atoms with Gasteiger partial charge in [-0.25, -0.2) is 8.42 Å². The molecule has 8 heterocycles. The molecule has 5 aromatic rings. The lowest BCUT2D eigenvalue weighted by Gasteiger charge is -2.56. The summed E-state index contributed by atoms with van der Waals surface area (Å²) in [5, 5.41) is 17.0. The highest BCUT2D eigenvalue weighted by Crippen LogP contribution is 2.56. The first-order valence-corrected chi connectivity index (χ1v) is 25.7. The lowest BCUT2D eigenvalue weighted by molar-refractivity contribution is -0.384. The van der Waals surface area contributed by atoms with Crippen molar-refractivity contribution in [1.29, 1.82) is 0 Å². The molecule has 6 aliphatic heterocycles. The molecule has 18 nitrogen and oxygen atoms in total. The summed E-state index contributed by atoms with van der Waals surface area (Å²) in [6.45, 7) is 8.12. The average Bonchev–Trinajstić information content (AvgIpc) is 4.13. The van der Waals surface area contributed by atoms with E-state index in [2.05, 4.69) is 56.2 Å². The number of H-pyrrole nitrogens is 1. The zero-order valence-corrected chi connectivity index (χ0v) is 39.4. The molecule has 1 aliphatic carbocycles. The number of morpholine rings is 1. The van der Waals surface area contributed by atoms with Crippen molar-refractivity contribution in [3.8, 4) is 11.6 Å². The molecule has 69 heavy (non-hydrogen) atoms. The minimum absolute atomic E-state index is 0.0366. The Bertz CT molecular complexity index is 2960. The quantitative estimate of drug-likeness (QED) is 0.107. The number of likely N-dealkylation sites (tertiary alicyclic amines) is 1. The molecule has 4 saturated heterocycles. The maximum atomic E-state index is 16.0. The Morgan fingerprint density at radius 3 is 2.57 bits per heavy atom. The third-order valence-corrected chi connectivity index (χ3v) is 17.8. The number of nitro groups is 1. The molecule has 1 spiro atoms. The van der Waals surface area contributed by atoms with Gasteiger partial charge in [0.1, 0.15) is 28.9 Å². The number of rotatable bonds is 10. The number of aromatic nitrogens is 2. The number of nitrogens with one attached hydrogen (secondary N) is 2. The first kappa shape index (κ1) is 44.2. The summed E-state index contributed by atoms with van der Waals surface area (Å²) >= 11 is 0. The molecule has 2 aromatic heterocycles. The van der Waals surface area contributed by atoms with Crippen molar-refractivity contribution >= 4 is 55.2 Å². The number of carbonyl (C=O) groups excluding carboxylic acids is 1. The van der Waals surface area contributed by atoms with Gasteiger partial charge >= 0.3 is 0 Å². The standard InChI is InChI=1S/C50H57N9O9S/c1-30-5-2-3-6-35(30)37-7-4-14-57(37)33-24-50(25-33)11-15-56(16-12-50)38-9-8-36(47(51)60)45(58-40-21-31-10-13-52-48(31)54-49(40)68-43-29-66-28-41(43)58)46(38)69(63,64)34-22-39(59(61)62)44-42(23-34)67-27-32(53-44)26-55-17-19-65-20-18-55/h2-3,5-6,8-10,13,21-23,32-33,37,41,43,53H,4,7,11-12,14-20,24-29H2,1H3,(H2,51,60)(H,52,54)/t32-,37-,41+,43+/m0/s1. The number of aromatic amines is 1. The molecule has 0 unspecified atom stereocenters. The molecule has 0 radical (unpaired) electrons. The van der Waals surface area contributed by atoms with E-state index in [1.165, 1.54) is 23.6 Å². The van der Waals surface area contributed by atoms with E-state index in [0.717, 1.165) is 63.2 Å². The smallest absolute Gasteiger partial charge is 0.297 e. The first-order chi connectivity index (χ1) is 33.4. The molecule has 1 saturated carbocycles. The van der Waals surface area contributed by atoms with E-state index in [4.69, 9.17) is 29.7 Å². The number of hydrogen-bond acceptors (Lipinski definition) is 15. The van der Waals surface area contributed by atoms with Crippen LogP contribution in [0.15, 0.2) is 76.7 Å². The minimum Gasteiger partial charge on any atom is -0.489 e. The number of piperidine rings is 1. The Hall–Kier alpha value is -5.99. The van der Waals surface area contributed by atoms with E-state index < -0.39 is 38.5 Å². The summed E-state index contributed by atoms with van der Waals surface area (Å²) in [4.78, 5) is 42.5. The fraction of sp³-hybridized carbons (Fsp3) is 0.480. The van der Waals surface area contributed by atoms with Crippen molar-refractivity contribution in [2.75, 3.05) is 87.4 Å². The Kier molecular flexibility index (Phi) is 11.0. The Morgan fingerprint density at radius 1 is 0.971 bits per heavy atom. The van der Waals surface area contributed by atoms with Crippen LogP contribution in [0.2, 0.25) is 0 Å². The molecule has 3 aromatic carbocycles. The van der Waals surface area contributed by atoms with E-state index in [0.29, 0.717) is 62.0 Å². The molecular formula is C50H57N9O9S. The van der Waals surface area contributed by atoms with Gasteiger partial charge in [-0.2, -0.15) is 4.98 Å². The fourth-order valence-corrected chi connectivity index (χ4v) is 14.1. The number of anilines is 4. The predicted molar refractivity (Wildman–Crippen MR) is 258 cm³/mol. The molecule has 4 N–H and O–H groups in total. The SMILES string of the molecule is Cc1ccccc1[C@@H]1CCCN1C1CC2(CCN(c3ccc(C(N)=O)c(N4c5cc6cc[nH]c6nc5O[C@@H]5COC[C@H]54)c3S(=O)(=O)c3cc4c(c([N+](=O)[O-])c3)N[C@@H](CN3CCOCC3)CO4)CC2)C1. The second kappa shape index (κ2) is 17.2. The number of primary amides is 1. The summed E-state index contributed by atoms with van der Waals surface area (Å²) in [5.74, 6) is -0.553. The summed E-state index contributed by atoms with van der Waals surface area (Å²) < 4.78 is 56.3. The van der Waals surface area contributed by atoms with Crippen molar-refractivity contribution in [2.24, 2.45) is 11.1 Å². The molecule has 19 heteroatoms. The number of aryl methyl sites for hydroxylation is 1. The van der Waals surface area contributed by atoms with Crippen molar-refractivity contribution in [1.82, 2.24) is 19.8 Å². The average molecular weight is 960 g/mol. The number of nitrogens with two attached hydrogens (primary N) is 1. The van der Waals surface area contributed by atoms with E-state index in [-0.39, 0.29) is 69.6 Å². The van der Waals surface area contributed by atoms with E-state index in [1.807, 2.05) is 12.1 Å². The van der Waals surface area contributed by atoms with Gasteiger partial charge in [-0.15, -0.1) is 0 Å². The van der Waals surface area contributed by atoms with Crippen LogP contribution in [0.25, 0.3) is 11.0 Å². The van der Waals surface area contributed by atoms with Crippen molar-refractivity contribution in [2.45, 2.75) is 85.5 Å². The van der Waals surface area contributed by atoms with Crippen molar-refractivity contribution in [3.05, 3.63) is 93.7 Å². The normalized spacial score (nSPS) is 24.8. The van der Waals surface area contributed by atoms with Crippen LogP contribution in [0.5, 0.6) is 11.6 Å². The number of nitro benzene ring substituents is 1. The molecule has 7 aliphatic rings. The number of fused-ring (bicyclic) bond motifs is 4. The number of nitrogens with zero attached hydrogens (tertiary/aromatic N) is 6. The predicted octanol–water partition coefficient (Wildman–Crippen LogP) is 6.10. The molecule has 362 valence electrons. The summed E-state index contributed by atoms with van der Waals surface area (Å²) in [6.07, 6.45) is 7.37. The Morgan fingerprint density at radius 2 is 1.78 bits per heavy atom. The highest BCUT2D eigenvalue weighted by Gasteiger charge is 2.51. The van der Waals surface area contributed by atoms with Crippen LogP contribution in [0.4, 0.5) is 28.4 Å².